The smallest absolute Gasteiger partial charge is 0.314 e. The Bertz CT molecular complexity index is 924. The molecule has 5 aliphatic rings. The zero-order valence-electron chi connectivity index (χ0n) is 22.5. The first-order valence-corrected chi connectivity index (χ1v) is 14.4. The molecule has 5 fully saturated rings. The molecule has 0 aromatic heterocycles. The summed E-state index contributed by atoms with van der Waals surface area (Å²) in [6, 6.07) is 0. The monoisotopic (exact) mass is 486 g/mol. The van der Waals surface area contributed by atoms with Crippen LogP contribution < -0.4 is 0 Å². The third-order valence-electron chi connectivity index (χ3n) is 13.3. The van der Waals surface area contributed by atoms with Crippen molar-refractivity contribution in [3.05, 3.63) is 12.2 Å². The minimum absolute atomic E-state index is 0.00351. The number of Topliss-reactive ketones (excluding diaryl/α,β-unsaturated/α-hetero) is 1. The average Bonchev–Trinajstić information content (AvgIpc) is 3.18. The zero-order chi connectivity index (χ0) is 24.9. The first-order valence-electron chi connectivity index (χ1n) is 13.9. The number of carbonyl (C=O) groups excluding carboxylic acids is 2. The second kappa shape index (κ2) is 7.66. The summed E-state index contributed by atoms with van der Waals surface area (Å²) in [6.45, 7) is 18.8. The van der Waals surface area contributed by atoms with Gasteiger partial charge in [0.25, 0.3) is 0 Å². The van der Waals surface area contributed by atoms with Crippen molar-refractivity contribution in [2.45, 2.75) is 106 Å². The Hall–Kier alpha value is -0.690. The summed E-state index contributed by atoms with van der Waals surface area (Å²) in [5.74, 6) is 2.93. The molecule has 34 heavy (non-hydrogen) atoms. The Morgan fingerprint density at radius 3 is 2.26 bits per heavy atom. The quantitative estimate of drug-likeness (QED) is 0.299. The second-order valence-corrected chi connectivity index (χ2v) is 14.6. The number of hydrogen-bond donors (Lipinski definition) is 0. The second-order valence-electron chi connectivity index (χ2n) is 14.4. The van der Waals surface area contributed by atoms with Crippen LogP contribution >= 0.6 is 9.47 Å². The van der Waals surface area contributed by atoms with Crippen molar-refractivity contribution in [3.8, 4) is 0 Å². The first-order chi connectivity index (χ1) is 15.8. The van der Waals surface area contributed by atoms with E-state index in [2.05, 4.69) is 57.6 Å². The molecule has 5 aliphatic carbocycles. The van der Waals surface area contributed by atoms with Crippen molar-refractivity contribution >= 4 is 21.2 Å². The lowest BCUT2D eigenvalue weighted by Gasteiger charge is -2.72. The summed E-state index contributed by atoms with van der Waals surface area (Å²) in [5.41, 5.74) is 1.41. The van der Waals surface area contributed by atoms with Gasteiger partial charge < -0.3 is 4.52 Å². The number of fused-ring (bicyclic) bond motifs is 7. The lowest BCUT2D eigenvalue weighted by atomic mass is 9.32. The van der Waals surface area contributed by atoms with Gasteiger partial charge in [0.05, 0.1) is 14.9 Å². The molecular formula is C30H47O3P. The molecule has 5 rings (SSSR count). The van der Waals surface area contributed by atoms with Gasteiger partial charge in [-0.3, -0.25) is 9.59 Å². The van der Waals surface area contributed by atoms with Gasteiger partial charge in [0.2, 0.25) is 0 Å². The molecule has 0 saturated heterocycles. The van der Waals surface area contributed by atoms with E-state index in [-0.39, 0.29) is 33.0 Å². The summed E-state index contributed by atoms with van der Waals surface area (Å²) in [4.78, 5) is 26.3. The fourth-order valence-corrected chi connectivity index (χ4v) is 11.6. The maximum absolute atomic E-state index is 13.3. The molecule has 190 valence electrons. The number of allylic oxidation sites excluding steroid dienone is 1. The van der Waals surface area contributed by atoms with Crippen LogP contribution in [0.1, 0.15) is 106 Å². The lowest BCUT2D eigenvalue weighted by molar-refractivity contribution is -0.234. The van der Waals surface area contributed by atoms with Gasteiger partial charge in [0.15, 0.2) is 0 Å². The number of hydrogen-bond acceptors (Lipinski definition) is 3. The van der Waals surface area contributed by atoms with Crippen molar-refractivity contribution in [2.75, 3.05) is 0 Å². The summed E-state index contributed by atoms with van der Waals surface area (Å²) in [7, 11) is 2.24. The summed E-state index contributed by atoms with van der Waals surface area (Å²) in [5, 5.41) is 0. The molecule has 0 amide bonds. The van der Waals surface area contributed by atoms with Crippen molar-refractivity contribution < 1.29 is 14.1 Å². The molecule has 0 radical (unpaired) electrons. The normalized spacial score (nSPS) is 51.5. The van der Waals surface area contributed by atoms with E-state index in [0.717, 1.165) is 44.9 Å². The highest BCUT2D eigenvalue weighted by Crippen LogP contribution is 2.77. The Labute approximate surface area is 209 Å². The van der Waals surface area contributed by atoms with E-state index in [0.29, 0.717) is 35.4 Å². The third kappa shape index (κ3) is 2.86. The molecule has 0 bridgehead atoms. The Morgan fingerprint density at radius 2 is 1.62 bits per heavy atom. The summed E-state index contributed by atoms with van der Waals surface area (Å²) >= 11 is 0. The molecule has 0 aromatic carbocycles. The Morgan fingerprint density at radius 1 is 0.912 bits per heavy atom. The molecule has 0 aromatic rings. The van der Waals surface area contributed by atoms with Crippen LogP contribution in [0, 0.1) is 56.7 Å². The van der Waals surface area contributed by atoms with Crippen molar-refractivity contribution in [1.82, 2.24) is 0 Å². The largest absolute Gasteiger partial charge is 0.451 e. The van der Waals surface area contributed by atoms with Gasteiger partial charge in [0.1, 0.15) is 5.78 Å². The minimum atomic E-state index is -0.334. The molecule has 5 saturated carbocycles. The maximum atomic E-state index is 13.3. The third-order valence-corrected chi connectivity index (χ3v) is 13.5. The van der Waals surface area contributed by atoms with E-state index in [9.17, 15) is 9.59 Å². The van der Waals surface area contributed by atoms with Crippen molar-refractivity contribution in [3.63, 3.8) is 0 Å². The molecule has 10 atom stereocenters. The van der Waals surface area contributed by atoms with Crippen LogP contribution in [0.15, 0.2) is 12.2 Å². The van der Waals surface area contributed by atoms with Crippen LogP contribution in [-0.2, 0) is 14.1 Å². The van der Waals surface area contributed by atoms with Crippen LogP contribution in [0.2, 0.25) is 0 Å². The molecular weight excluding hydrogens is 439 g/mol. The average molecular weight is 487 g/mol. The summed E-state index contributed by atoms with van der Waals surface area (Å²) in [6.07, 6.45) is 10.7. The van der Waals surface area contributed by atoms with Crippen LogP contribution in [0.4, 0.5) is 0 Å². The topological polar surface area (TPSA) is 43.4 Å². The zero-order valence-corrected chi connectivity index (χ0v) is 23.6. The van der Waals surface area contributed by atoms with Gasteiger partial charge in [-0.05, 0) is 111 Å². The number of rotatable bonds is 2. The lowest BCUT2D eigenvalue weighted by Crippen LogP contribution is -2.66. The van der Waals surface area contributed by atoms with Gasteiger partial charge in [-0.1, -0.05) is 46.8 Å². The van der Waals surface area contributed by atoms with Crippen LogP contribution in [0.25, 0.3) is 0 Å². The fraction of sp³-hybridized carbons (Fsp3) is 0.867. The predicted octanol–water partition coefficient (Wildman–Crippen LogP) is 7.55. The molecule has 0 spiro atoms. The van der Waals surface area contributed by atoms with Gasteiger partial charge in [0, 0.05) is 11.8 Å². The van der Waals surface area contributed by atoms with Gasteiger partial charge in [-0.25, -0.2) is 0 Å². The minimum Gasteiger partial charge on any atom is -0.451 e. The Kier molecular flexibility index (Phi) is 5.63. The van der Waals surface area contributed by atoms with Gasteiger partial charge in [-0.15, -0.1) is 0 Å². The van der Waals surface area contributed by atoms with Gasteiger partial charge >= 0.3 is 5.97 Å². The van der Waals surface area contributed by atoms with E-state index in [1.54, 1.807) is 0 Å². The predicted molar refractivity (Wildman–Crippen MR) is 140 cm³/mol. The highest BCUT2D eigenvalue weighted by atomic mass is 31.0. The molecule has 0 aliphatic heterocycles. The molecule has 3 nitrogen and oxygen atoms in total. The van der Waals surface area contributed by atoms with Crippen LogP contribution in [0.5, 0.6) is 0 Å². The highest BCUT2D eigenvalue weighted by molar-refractivity contribution is 7.10. The van der Waals surface area contributed by atoms with Crippen molar-refractivity contribution in [1.29, 1.82) is 0 Å². The highest BCUT2D eigenvalue weighted by Gasteiger charge is 2.72. The SMILES string of the molecule is C=C(C)[C@@H]1CC[C@]2(C(=O)OP)CC[C@]3(C)[C@H](CC[C@@H]4[C@@]5(C)CCC(=O)C(C)(C)[C@@H]5CC[C@]43C)[C@@H]12. The van der Waals surface area contributed by atoms with Crippen LogP contribution in [-0.4, -0.2) is 11.8 Å². The van der Waals surface area contributed by atoms with E-state index >= 15 is 0 Å². The maximum Gasteiger partial charge on any atom is 0.314 e. The number of carbonyl (C=O) groups is 2. The summed E-state index contributed by atoms with van der Waals surface area (Å²) < 4.78 is 5.40. The van der Waals surface area contributed by atoms with E-state index in [4.69, 9.17) is 4.52 Å². The first kappa shape index (κ1) is 25.0. The van der Waals surface area contributed by atoms with Crippen LogP contribution in [0.3, 0.4) is 0 Å². The van der Waals surface area contributed by atoms with Gasteiger partial charge in [-0.2, -0.15) is 0 Å². The van der Waals surface area contributed by atoms with E-state index < -0.39 is 0 Å². The molecule has 4 heteroatoms. The van der Waals surface area contributed by atoms with E-state index in [1.807, 2.05) is 0 Å². The standard InChI is InChI=1S/C30H47O3P/c1-18(2)19-10-15-30(25(32)33-34)17-16-28(6)20(24(19)30)8-9-22-27(5)13-12-23(31)26(3,4)21(27)11-14-29(22,28)7/h19-22,24H,1,8-17,34H2,2-7H3/t19-,20+,21-,22+,24+,27-,28+,29+,30-/m0/s1. The van der Waals surface area contributed by atoms with Crippen molar-refractivity contribution in [2.24, 2.45) is 56.7 Å². The van der Waals surface area contributed by atoms with E-state index in [1.165, 1.54) is 24.8 Å². The molecule has 0 heterocycles. The molecule has 0 N–H and O–H groups in total. The number of ketones is 1. The fourth-order valence-electron chi connectivity index (χ4n) is 11.4. The Balaban J connectivity index is 1.57. The molecule has 1 unspecified atom stereocenters.